The highest BCUT2D eigenvalue weighted by Gasteiger charge is 2.36. The third kappa shape index (κ3) is 2.50. The van der Waals surface area contributed by atoms with Gasteiger partial charge < -0.3 is 24.6 Å². The third-order valence-corrected chi connectivity index (χ3v) is 3.73. The summed E-state index contributed by atoms with van der Waals surface area (Å²) in [5.41, 5.74) is 1.26. The Hall–Kier alpha value is -3.22. The smallest absolute Gasteiger partial charge is 0.344 e. The maximum Gasteiger partial charge on any atom is 0.344 e. The van der Waals surface area contributed by atoms with E-state index in [1.54, 1.807) is 30.3 Å². The zero-order chi connectivity index (χ0) is 17.3. The quantitative estimate of drug-likeness (QED) is 0.814. The third-order valence-electron chi connectivity index (χ3n) is 3.73. The molecule has 0 spiro atoms. The number of ether oxygens (including phenoxy) is 3. The van der Waals surface area contributed by atoms with E-state index >= 15 is 0 Å². The van der Waals surface area contributed by atoms with Crippen molar-refractivity contribution in [3.63, 3.8) is 0 Å². The molecular weight excluding hydrogens is 314 g/mol. The molecular formula is C17H15NO6. The molecule has 0 aliphatic carbocycles. The summed E-state index contributed by atoms with van der Waals surface area (Å²) in [7, 11) is 2.91. The van der Waals surface area contributed by atoms with Crippen LogP contribution in [0.2, 0.25) is 0 Å². The molecule has 3 rings (SSSR count). The number of rotatable bonds is 5. The Morgan fingerprint density at radius 1 is 1.17 bits per heavy atom. The summed E-state index contributed by atoms with van der Waals surface area (Å²) in [6, 6.07) is 9.74. The fourth-order valence-electron chi connectivity index (χ4n) is 2.64. The number of nitrogens with one attached hydrogen (secondary N) is 1. The van der Waals surface area contributed by atoms with Gasteiger partial charge in [0.1, 0.15) is 5.56 Å². The molecule has 0 aromatic heterocycles. The number of fused-ring (bicyclic) bond motifs is 1. The molecule has 7 heteroatoms. The summed E-state index contributed by atoms with van der Waals surface area (Å²) < 4.78 is 15.8. The van der Waals surface area contributed by atoms with Crippen molar-refractivity contribution >= 4 is 17.6 Å². The van der Waals surface area contributed by atoms with Crippen molar-refractivity contribution in [1.29, 1.82) is 0 Å². The standard InChI is InChI=1S/C17H15NO6/c1-22-12-8-7-10-13(14(12)23-2)17(21)24-15(10)18-11-6-4-3-5-9(11)16(19)20/h3-8,15,18H,1-2H3,(H,19,20)/t15-/m0/s1. The minimum absolute atomic E-state index is 0.0856. The van der Waals surface area contributed by atoms with E-state index in [1.807, 2.05) is 0 Å². The van der Waals surface area contributed by atoms with Crippen LogP contribution in [0.3, 0.4) is 0 Å². The number of esters is 1. The topological polar surface area (TPSA) is 94.1 Å². The normalized spacial score (nSPS) is 15.4. The lowest BCUT2D eigenvalue weighted by Gasteiger charge is -2.16. The van der Waals surface area contributed by atoms with Gasteiger partial charge in [0.2, 0.25) is 6.23 Å². The molecule has 2 N–H and O–H groups in total. The van der Waals surface area contributed by atoms with Crippen LogP contribution in [0.4, 0.5) is 5.69 Å². The molecule has 0 radical (unpaired) electrons. The van der Waals surface area contributed by atoms with Crippen molar-refractivity contribution in [2.45, 2.75) is 6.23 Å². The Kier molecular flexibility index (Phi) is 3.99. The van der Waals surface area contributed by atoms with Crippen molar-refractivity contribution in [1.82, 2.24) is 0 Å². The molecule has 0 amide bonds. The Balaban J connectivity index is 2.01. The van der Waals surface area contributed by atoms with Crippen LogP contribution in [0.15, 0.2) is 36.4 Å². The van der Waals surface area contributed by atoms with Gasteiger partial charge in [-0.2, -0.15) is 0 Å². The predicted molar refractivity (Wildman–Crippen MR) is 84.7 cm³/mol. The van der Waals surface area contributed by atoms with Crippen LogP contribution in [-0.4, -0.2) is 31.3 Å². The summed E-state index contributed by atoms with van der Waals surface area (Å²) in [6.07, 6.45) is -0.812. The van der Waals surface area contributed by atoms with E-state index < -0.39 is 18.2 Å². The first-order valence-corrected chi connectivity index (χ1v) is 7.11. The Bertz CT molecular complexity index is 817. The van der Waals surface area contributed by atoms with E-state index in [4.69, 9.17) is 14.2 Å². The molecule has 1 aliphatic rings. The first-order valence-electron chi connectivity index (χ1n) is 7.11. The average Bonchev–Trinajstić information content (AvgIpc) is 2.90. The number of carboxylic acids is 1. The van der Waals surface area contributed by atoms with Crippen molar-refractivity contribution in [2.24, 2.45) is 0 Å². The number of hydrogen-bond acceptors (Lipinski definition) is 6. The molecule has 7 nitrogen and oxygen atoms in total. The highest BCUT2D eigenvalue weighted by Crippen LogP contribution is 2.42. The number of anilines is 1. The summed E-state index contributed by atoms with van der Waals surface area (Å²) in [4.78, 5) is 23.5. The molecule has 1 heterocycles. The summed E-state index contributed by atoms with van der Waals surface area (Å²) in [5.74, 6) is -0.934. The Morgan fingerprint density at radius 2 is 1.92 bits per heavy atom. The number of methoxy groups -OCH3 is 2. The second-order valence-corrected chi connectivity index (χ2v) is 5.05. The number of carboxylic acid groups (broad SMARTS) is 1. The fraction of sp³-hybridized carbons (Fsp3) is 0.176. The SMILES string of the molecule is COc1ccc2c(c1OC)C(=O)O[C@@H]2Nc1ccccc1C(=O)O. The lowest BCUT2D eigenvalue weighted by atomic mass is 10.1. The van der Waals surface area contributed by atoms with Gasteiger partial charge in [0.05, 0.1) is 25.5 Å². The second kappa shape index (κ2) is 6.11. The molecule has 124 valence electrons. The summed E-state index contributed by atoms with van der Waals surface area (Å²) in [5, 5.41) is 12.2. The largest absolute Gasteiger partial charge is 0.493 e. The number of para-hydroxylation sites is 1. The van der Waals surface area contributed by atoms with E-state index in [9.17, 15) is 14.7 Å². The maximum absolute atomic E-state index is 12.2. The summed E-state index contributed by atoms with van der Waals surface area (Å²) >= 11 is 0. The van der Waals surface area contributed by atoms with Gasteiger partial charge in [-0.05, 0) is 24.3 Å². The zero-order valence-electron chi connectivity index (χ0n) is 13.0. The van der Waals surface area contributed by atoms with Crippen molar-refractivity contribution in [3.05, 3.63) is 53.1 Å². The van der Waals surface area contributed by atoms with Crippen LogP contribution in [-0.2, 0) is 4.74 Å². The summed E-state index contributed by atoms with van der Waals surface area (Å²) in [6.45, 7) is 0. The first-order chi connectivity index (χ1) is 11.6. The molecule has 0 saturated heterocycles. The van der Waals surface area contributed by atoms with Crippen LogP contribution >= 0.6 is 0 Å². The highest BCUT2D eigenvalue weighted by molar-refractivity contribution is 5.99. The lowest BCUT2D eigenvalue weighted by Crippen LogP contribution is -2.13. The minimum atomic E-state index is -1.07. The fourth-order valence-corrected chi connectivity index (χ4v) is 2.64. The molecule has 0 bridgehead atoms. The molecule has 0 saturated carbocycles. The number of aromatic carboxylic acids is 1. The van der Waals surface area contributed by atoms with E-state index in [-0.39, 0.29) is 16.9 Å². The van der Waals surface area contributed by atoms with Crippen molar-refractivity contribution in [2.75, 3.05) is 19.5 Å². The van der Waals surface area contributed by atoms with E-state index in [2.05, 4.69) is 5.32 Å². The molecule has 2 aromatic rings. The van der Waals surface area contributed by atoms with Gasteiger partial charge in [-0.25, -0.2) is 9.59 Å². The molecule has 24 heavy (non-hydrogen) atoms. The number of carbonyl (C=O) groups excluding carboxylic acids is 1. The van der Waals surface area contributed by atoms with E-state index in [0.29, 0.717) is 17.0 Å². The Labute approximate surface area is 137 Å². The number of benzene rings is 2. The van der Waals surface area contributed by atoms with Gasteiger partial charge in [0.15, 0.2) is 11.5 Å². The van der Waals surface area contributed by atoms with Gasteiger partial charge in [0, 0.05) is 5.56 Å². The van der Waals surface area contributed by atoms with E-state index in [0.717, 1.165) is 0 Å². The van der Waals surface area contributed by atoms with Crippen LogP contribution in [0.25, 0.3) is 0 Å². The van der Waals surface area contributed by atoms with Crippen LogP contribution in [0.5, 0.6) is 11.5 Å². The Morgan fingerprint density at radius 3 is 2.58 bits per heavy atom. The predicted octanol–water partition coefficient (Wildman–Crippen LogP) is 2.68. The van der Waals surface area contributed by atoms with Crippen molar-refractivity contribution < 1.29 is 28.9 Å². The lowest BCUT2D eigenvalue weighted by molar-refractivity contribution is 0.0435. The maximum atomic E-state index is 12.2. The number of cyclic esters (lactones) is 1. The van der Waals surface area contributed by atoms with Gasteiger partial charge >= 0.3 is 11.9 Å². The van der Waals surface area contributed by atoms with Crippen molar-refractivity contribution in [3.8, 4) is 11.5 Å². The second-order valence-electron chi connectivity index (χ2n) is 5.05. The van der Waals surface area contributed by atoms with Gasteiger partial charge in [-0.15, -0.1) is 0 Å². The van der Waals surface area contributed by atoms with Crippen LogP contribution in [0, 0.1) is 0 Å². The van der Waals surface area contributed by atoms with Gasteiger partial charge in [0.25, 0.3) is 0 Å². The molecule has 1 atom stereocenters. The molecule has 0 fully saturated rings. The van der Waals surface area contributed by atoms with Gasteiger partial charge in [-0.3, -0.25) is 0 Å². The van der Waals surface area contributed by atoms with E-state index in [1.165, 1.54) is 20.3 Å². The average molecular weight is 329 g/mol. The van der Waals surface area contributed by atoms with Crippen LogP contribution in [0.1, 0.15) is 32.5 Å². The first kappa shape index (κ1) is 15.7. The zero-order valence-corrected chi connectivity index (χ0v) is 13.0. The monoisotopic (exact) mass is 329 g/mol. The minimum Gasteiger partial charge on any atom is -0.493 e. The number of carbonyl (C=O) groups is 2. The van der Waals surface area contributed by atoms with Gasteiger partial charge in [-0.1, -0.05) is 12.1 Å². The molecule has 2 aromatic carbocycles. The molecule has 0 unspecified atom stereocenters. The highest BCUT2D eigenvalue weighted by atomic mass is 16.6. The molecule has 1 aliphatic heterocycles. The van der Waals surface area contributed by atoms with Crippen LogP contribution < -0.4 is 14.8 Å². The number of hydrogen-bond donors (Lipinski definition) is 2.